The summed E-state index contributed by atoms with van der Waals surface area (Å²) in [5, 5.41) is 3.42. The normalized spacial score (nSPS) is 15.8. The third-order valence-corrected chi connectivity index (χ3v) is 4.23. The minimum Gasteiger partial charge on any atom is -0.330 e. The van der Waals surface area contributed by atoms with Crippen LogP contribution in [0.2, 0.25) is 0 Å². The van der Waals surface area contributed by atoms with Crippen molar-refractivity contribution in [2.75, 3.05) is 11.4 Å². The molecule has 0 radical (unpaired) electrons. The van der Waals surface area contributed by atoms with Crippen molar-refractivity contribution in [1.82, 2.24) is 14.9 Å². The Morgan fingerprint density at radius 1 is 1.22 bits per heavy atom. The lowest BCUT2D eigenvalue weighted by atomic mass is 10.0. The van der Waals surface area contributed by atoms with Crippen LogP contribution in [0.3, 0.4) is 0 Å². The first-order valence-corrected chi connectivity index (χ1v) is 8.00. The van der Waals surface area contributed by atoms with Crippen LogP contribution >= 0.6 is 0 Å². The molecule has 122 valence electrons. The topological polar surface area (TPSA) is 67.2 Å². The van der Waals surface area contributed by atoms with E-state index >= 15 is 0 Å². The van der Waals surface area contributed by atoms with E-state index in [1.807, 2.05) is 6.07 Å². The number of rotatable bonds is 3. The van der Waals surface area contributed by atoms with Crippen molar-refractivity contribution in [2.45, 2.75) is 46.1 Å². The first kappa shape index (κ1) is 15.5. The van der Waals surface area contributed by atoms with Crippen molar-refractivity contribution in [3.8, 4) is 0 Å². The Balaban J connectivity index is 2.09. The number of urea groups is 1. The predicted octanol–water partition coefficient (Wildman–Crippen LogP) is 3.19. The van der Waals surface area contributed by atoms with Crippen LogP contribution in [-0.2, 0) is 4.79 Å². The van der Waals surface area contributed by atoms with Gasteiger partial charge in [0.15, 0.2) is 0 Å². The number of carbonyl (C=O) groups excluding carboxylic acids is 2. The van der Waals surface area contributed by atoms with E-state index in [1.54, 1.807) is 11.1 Å². The number of amides is 3. The number of nitrogens with one attached hydrogen (secondary N) is 1. The largest absolute Gasteiger partial charge is 0.330 e. The van der Waals surface area contributed by atoms with E-state index < -0.39 is 0 Å². The molecule has 1 N–H and O–H groups in total. The van der Waals surface area contributed by atoms with E-state index in [0.717, 1.165) is 16.7 Å². The van der Waals surface area contributed by atoms with Gasteiger partial charge in [-0.15, -0.1) is 0 Å². The summed E-state index contributed by atoms with van der Waals surface area (Å²) in [6.07, 6.45) is 4.17. The molecular weight excluding hydrogens is 292 g/mol. The highest BCUT2D eigenvalue weighted by Gasteiger charge is 2.25. The van der Waals surface area contributed by atoms with Gasteiger partial charge in [-0.2, -0.15) is 0 Å². The van der Waals surface area contributed by atoms with Gasteiger partial charge in [0.05, 0.1) is 11.9 Å². The molecule has 2 aromatic rings. The minimum atomic E-state index is -0.378. The molecule has 1 aliphatic rings. The predicted molar refractivity (Wildman–Crippen MR) is 89.7 cm³/mol. The molecule has 23 heavy (non-hydrogen) atoms. The van der Waals surface area contributed by atoms with Gasteiger partial charge >= 0.3 is 6.03 Å². The van der Waals surface area contributed by atoms with Crippen molar-refractivity contribution in [1.29, 1.82) is 0 Å². The highest BCUT2D eigenvalue weighted by atomic mass is 16.2. The summed E-state index contributed by atoms with van der Waals surface area (Å²) in [5.74, 6) is 0.139. The van der Waals surface area contributed by atoms with Crippen molar-refractivity contribution in [3.05, 3.63) is 24.0 Å². The highest BCUT2D eigenvalue weighted by Crippen LogP contribution is 2.31. The number of nitrogens with zero attached hydrogens (tertiary/aromatic N) is 3. The Morgan fingerprint density at radius 2 is 1.96 bits per heavy atom. The fourth-order valence-corrected chi connectivity index (χ4v) is 2.96. The molecule has 0 bridgehead atoms. The molecule has 0 atom stereocenters. The van der Waals surface area contributed by atoms with Gasteiger partial charge in [0.2, 0.25) is 5.91 Å². The summed E-state index contributed by atoms with van der Waals surface area (Å²) < 4.78 is 2.16. The molecule has 1 saturated heterocycles. The van der Waals surface area contributed by atoms with Gasteiger partial charge in [-0.05, 0) is 31.4 Å². The molecule has 1 fully saturated rings. The van der Waals surface area contributed by atoms with E-state index in [9.17, 15) is 9.59 Å². The number of fused-ring (bicyclic) bond motifs is 1. The SMILES string of the molecule is CC(C)c1cn(C(C)C)c2ncc(N3CCC(=O)NC3=O)cc12. The summed E-state index contributed by atoms with van der Waals surface area (Å²) >= 11 is 0. The van der Waals surface area contributed by atoms with Crippen LogP contribution in [-0.4, -0.2) is 28.0 Å². The second-order valence-corrected chi connectivity index (χ2v) is 6.56. The molecule has 6 heteroatoms. The van der Waals surface area contributed by atoms with Gasteiger partial charge in [-0.3, -0.25) is 15.0 Å². The number of hydrogen-bond acceptors (Lipinski definition) is 3. The van der Waals surface area contributed by atoms with Crippen LogP contribution < -0.4 is 10.2 Å². The van der Waals surface area contributed by atoms with Crippen LogP contribution in [0.1, 0.15) is 51.6 Å². The zero-order chi connectivity index (χ0) is 16.7. The number of anilines is 1. The Morgan fingerprint density at radius 3 is 2.57 bits per heavy atom. The first-order valence-electron chi connectivity index (χ1n) is 8.00. The number of aromatic nitrogens is 2. The average molecular weight is 314 g/mol. The fraction of sp³-hybridized carbons (Fsp3) is 0.471. The maximum atomic E-state index is 12.0. The number of carbonyl (C=O) groups is 2. The number of hydrogen-bond donors (Lipinski definition) is 1. The average Bonchev–Trinajstić information content (AvgIpc) is 2.86. The van der Waals surface area contributed by atoms with Crippen molar-refractivity contribution in [3.63, 3.8) is 0 Å². The summed E-state index contributed by atoms with van der Waals surface area (Å²) in [4.78, 5) is 29.5. The molecule has 0 spiro atoms. The van der Waals surface area contributed by atoms with E-state index in [0.29, 0.717) is 24.9 Å². The quantitative estimate of drug-likeness (QED) is 0.946. The summed E-state index contributed by atoms with van der Waals surface area (Å²) in [5.41, 5.74) is 2.88. The zero-order valence-corrected chi connectivity index (χ0v) is 14.0. The Kier molecular flexibility index (Phi) is 3.83. The lowest BCUT2D eigenvalue weighted by molar-refractivity contribution is -0.120. The number of pyridine rings is 1. The number of imide groups is 1. The van der Waals surface area contributed by atoms with Gasteiger partial charge < -0.3 is 4.57 Å². The van der Waals surface area contributed by atoms with Gasteiger partial charge in [0, 0.05) is 30.6 Å². The molecular formula is C17H22N4O2. The monoisotopic (exact) mass is 314 g/mol. The molecule has 3 rings (SSSR count). The minimum absolute atomic E-state index is 0.228. The molecule has 6 nitrogen and oxygen atoms in total. The molecule has 0 aliphatic carbocycles. The third kappa shape index (κ3) is 2.69. The van der Waals surface area contributed by atoms with Gasteiger partial charge in [0.25, 0.3) is 0 Å². The van der Waals surface area contributed by atoms with Crippen molar-refractivity contribution < 1.29 is 9.59 Å². The van der Waals surface area contributed by atoms with Crippen LogP contribution in [0, 0.1) is 0 Å². The maximum Gasteiger partial charge on any atom is 0.328 e. The lowest BCUT2D eigenvalue weighted by Crippen LogP contribution is -2.49. The molecule has 0 aromatic carbocycles. The third-order valence-electron chi connectivity index (χ3n) is 4.23. The van der Waals surface area contributed by atoms with Gasteiger partial charge in [0.1, 0.15) is 5.65 Å². The van der Waals surface area contributed by atoms with Gasteiger partial charge in [-0.1, -0.05) is 13.8 Å². The molecule has 3 heterocycles. The second-order valence-electron chi connectivity index (χ2n) is 6.56. The van der Waals surface area contributed by atoms with Crippen LogP contribution in [0.15, 0.2) is 18.5 Å². The Bertz CT molecular complexity index is 776. The summed E-state index contributed by atoms with van der Waals surface area (Å²) in [7, 11) is 0. The van der Waals surface area contributed by atoms with Gasteiger partial charge in [-0.25, -0.2) is 9.78 Å². The lowest BCUT2D eigenvalue weighted by Gasteiger charge is -2.26. The molecule has 1 aliphatic heterocycles. The molecule has 2 aromatic heterocycles. The highest BCUT2D eigenvalue weighted by molar-refractivity contribution is 6.06. The Hall–Kier alpha value is -2.37. The second kappa shape index (κ2) is 5.68. The molecule has 3 amide bonds. The van der Waals surface area contributed by atoms with Crippen LogP contribution in [0.25, 0.3) is 11.0 Å². The van der Waals surface area contributed by atoms with Crippen LogP contribution in [0.5, 0.6) is 0 Å². The van der Waals surface area contributed by atoms with E-state index in [1.165, 1.54) is 5.56 Å². The zero-order valence-electron chi connectivity index (χ0n) is 14.0. The summed E-state index contributed by atoms with van der Waals surface area (Å²) in [6, 6.07) is 1.95. The smallest absolute Gasteiger partial charge is 0.328 e. The van der Waals surface area contributed by atoms with Crippen molar-refractivity contribution >= 4 is 28.7 Å². The maximum absolute atomic E-state index is 12.0. The fourth-order valence-electron chi connectivity index (χ4n) is 2.96. The first-order chi connectivity index (χ1) is 10.9. The van der Waals surface area contributed by atoms with E-state index in [-0.39, 0.29) is 11.9 Å². The summed E-state index contributed by atoms with van der Waals surface area (Å²) in [6.45, 7) is 8.95. The van der Waals surface area contributed by atoms with E-state index in [2.05, 4.69) is 48.8 Å². The van der Waals surface area contributed by atoms with E-state index in [4.69, 9.17) is 0 Å². The Labute approximate surface area is 135 Å². The molecule has 0 unspecified atom stereocenters. The standard InChI is InChI=1S/C17H22N4O2/c1-10(2)14-9-21(11(3)4)16-13(14)7-12(8-18-16)20-6-5-15(22)19-17(20)23/h7-11H,5-6H2,1-4H3,(H,19,22,23). The molecule has 0 saturated carbocycles. The van der Waals surface area contributed by atoms with Crippen molar-refractivity contribution in [2.24, 2.45) is 0 Å². The van der Waals surface area contributed by atoms with Crippen LogP contribution in [0.4, 0.5) is 10.5 Å².